The summed E-state index contributed by atoms with van der Waals surface area (Å²) >= 11 is 0. The average Bonchev–Trinajstić information content (AvgIpc) is 3.17. The SMILES string of the molecule is CCCCCNC(=O)C1(c2ccc(F)cc2)CC1. The highest BCUT2D eigenvalue weighted by atomic mass is 19.1. The van der Waals surface area contributed by atoms with Crippen molar-refractivity contribution in [1.82, 2.24) is 5.32 Å². The van der Waals surface area contributed by atoms with Crippen LogP contribution in [0, 0.1) is 5.82 Å². The predicted octanol–water partition coefficient (Wildman–Crippen LogP) is 3.16. The maximum Gasteiger partial charge on any atom is 0.230 e. The molecule has 2 nitrogen and oxygen atoms in total. The largest absolute Gasteiger partial charge is 0.355 e. The van der Waals surface area contributed by atoms with Gasteiger partial charge in [-0.05, 0) is 37.0 Å². The molecule has 0 saturated heterocycles. The molecule has 0 bridgehead atoms. The second-order valence-corrected chi connectivity index (χ2v) is 5.05. The molecule has 0 atom stereocenters. The summed E-state index contributed by atoms with van der Waals surface area (Å²) in [4.78, 5) is 12.2. The van der Waals surface area contributed by atoms with Gasteiger partial charge in [-0.1, -0.05) is 31.9 Å². The van der Waals surface area contributed by atoms with Crippen LogP contribution in [0.2, 0.25) is 0 Å². The van der Waals surface area contributed by atoms with E-state index in [1.165, 1.54) is 12.1 Å². The molecule has 1 amide bonds. The van der Waals surface area contributed by atoms with Gasteiger partial charge >= 0.3 is 0 Å². The molecule has 1 saturated carbocycles. The van der Waals surface area contributed by atoms with Crippen molar-refractivity contribution in [1.29, 1.82) is 0 Å². The van der Waals surface area contributed by atoms with Gasteiger partial charge in [0.2, 0.25) is 5.91 Å². The molecule has 1 aromatic rings. The van der Waals surface area contributed by atoms with Crippen molar-refractivity contribution in [2.24, 2.45) is 0 Å². The number of nitrogens with one attached hydrogen (secondary N) is 1. The van der Waals surface area contributed by atoms with Crippen molar-refractivity contribution in [2.75, 3.05) is 6.54 Å². The molecule has 0 aliphatic heterocycles. The number of halogens is 1. The Hall–Kier alpha value is -1.38. The van der Waals surface area contributed by atoms with Crippen LogP contribution in [0.5, 0.6) is 0 Å². The van der Waals surface area contributed by atoms with Crippen LogP contribution in [0.3, 0.4) is 0 Å². The first kappa shape index (κ1) is 13.1. The number of rotatable bonds is 6. The lowest BCUT2D eigenvalue weighted by Gasteiger charge is -2.15. The van der Waals surface area contributed by atoms with Gasteiger partial charge in [0.15, 0.2) is 0 Å². The summed E-state index contributed by atoms with van der Waals surface area (Å²) in [5, 5.41) is 3.00. The van der Waals surface area contributed by atoms with Gasteiger partial charge in [0.25, 0.3) is 0 Å². The second-order valence-electron chi connectivity index (χ2n) is 5.05. The van der Waals surface area contributed by atoms with Crippen molar-refractivity contribution in [2.45, 2.75) is 44.4 Å². The molecule has 1 aliphatic rings. The first-order valence-corrected chi connectivity index (χ1v) is 6.73. The number of carbonyl (C=O) groups excluding carboxylic acids is 1. The summed E-state index contributed by atoms with van der Waals surface area (Å²) < 4.78 is 12.9. The predicted molar refractivity (Wildman–Crippen MR) is 69.8 cm³/mol. The van der Waals surface area contributed by atoms with Crippen LogP contribution in [0.1, 0.15) is 44.6 Å². The van der Waals surface area contributed by atoms with E-state index >= 15 is 0 Å². The van der Waals surface area contributed by atoms with Gasteiger partial charge in [-0.25, -0.2) is 4.39 Å². The van der Waals surface area contributed by atoms with Crippen molar-refractivity contribution in [3.63, 3.8) is 0 Å². The third-order valence-corrected chi connectivity index (χ3v) is 3.65. The van der Waals surface area contributed by atoms with E-state index in [1.807, 2.05) is 0 Å². The maximum atomic E-state index is 12.9. The van der Waals surface area contributed by atoms with E-state index in [1.54, 1.807) is 12.1 Å². The highest BCUT2D eigenvalue weighted by Gasteiger charge is 2.50. The van der Waals surface area contributed by atoms with Gasteiger partial charge in [0.05, 0.1) is 5.41 Å². The third kappa shape index (κ3) is 2.71. The van der Waals surface area contributed by atoms with E-state index in [9.17, 15) is 9.18 Å². The van der Waals surface area contributed by atoms with Crippen LogP contribution in [-0.4, -0.2) is 12.5 Å². The van der Waals surface area contributed by atoms with Crippen LogP contribution in [0.15, 0.2) is 24.3 Å². The number of hydrogen-bond acceptors (Lipinski definition) is 1. The average molecular weight is 249 g/mol. The topological polar surface area (TPSA) is 29.1 Å². The van der Waals surface area contributed by atoms with Gasteiger partial charge in [-0.15, -0.1) is 0 Å². The highest BCUT2D eigenvalue weighted by Crippen LogP contribution is 2.48. The smallest absolute Gasteiger partial charge is 0.230 e. The van der Waals surface area contributed by atoms with E-state index in [4.69, 9.17) is 0 Å². The fraction of sp³-hybridized carbons (Fsp3) is 0.533. The minimum Gasteiger partial charge on any atom is -0.355 e. The van der Waals surface area contributed by atoms with Crippen molar-refractivity contribution < 1.29 is 9.18 Å². The molecule has 0 radical (unpaired) electrons. The minimum absolute atomic E-state index is 0.102. The first-order valence-electron chi connectivity index (χ1n) is 6.73. The number of benzene rings is 1. The Kier molecular flexibility index (Phi) is 4.00. The van der Waals surface area contributed by atoms with Gasteiger partial charge < -0.3 is 5.32 Å². The molecule has 18 heavy (non-hydrogen) atoms. The summed E-state index contributed by atoms with van der Waals surface area (Å²) in [5.74, 6) is -0.150. The minimum atomic E-state index is -0.375. The number of carbonyl (C=O) groups is 1. The number of unbranched alkanes of at least 4 members (excludes halogenated alkanes) is 2. The number of amides is 1. The Balaban J connectivity index is 1.94. The van der Waals surface area contributed by atoms with Gasteiger partial charge in [0.1, 0.15) is 5.82 Å². The Labute approximate surface area is 108 Å². The molecule has 0 unspecified atom stereocenters. The molecular weight excluding hydrogens is 229 g/mol. The van der Waals surface area contributed by atoms with Crippen LogP contribution in [0.25, 0.3) is 0 Å². The van der Waals surface area contributed by atoms with Crippen LogP contribution >= 0.6 is 0 Å². The Morgan fingerprint density at radius 3 is 2.50 bits per heavy atom. The molecule has 1 aliphatic carbocycles. The summed E-state index contributed by atoms with van der Waals surface area (Å²) in [6.07, 6.45) is 5.07. The van der Waals surface area contributed by atoms with Crippen molar-refractivity contribution in [3.8, 4) is 0 Å². The molecule has 1 N–H and O–H groups in total. The van der Waals surface area contributed by atoms with Gasteiger partial charge in [0, 0.05) is 6.54 Å². The van der Waals surface area contributed by atoms with Crippen LogP contribution < -0.4 is 5.32 Å². The fourth-order valence-corrected chi connectivity index (χ4v) is 2.29. The molecule has 1 fully saturated rings. The Bertz CT molecular complexity index is 409. The summed E-state index contributed by atoms with van der Waals surface area (Å²) in [6, 6.07) is 6.32. The maximum absolute atomic E-state index is 12.9. The van der Waals surface area contributed by atoms with E-state index in [-0.39, 0.29) is 17.1 Å². The summed E-state index contributed by atoms with van der Waals surface area (Å²) in [5.41, 5.74) is 0.566. The standard InChI is InChI=1S/C15H20FNO/c1-2-3-4-11-17-14(18)15(9-10-15)12-5-7-13(16)8-6-12/h5-8H,2-4,9-11H2,1H3,(H,17,18). The second kappa shape index (κ2) is 5.51. The lowest BCUT2D eigenvalue weighted by molar-refractivity contribution is -0.123. The summed E-state index contributed by atoms with van der Waals surface area (Å²) in [6.45, 7) is 2.89. The quantitative estimate of drug-likeness (QED) is 0.771. The zero-order valence-corrected chi connectivity index (χ0v) is 10.8. The molecule has 0 aromatic heterocycles. The van der Waals surface area contributed by atoms with Crippen molar-refractivity contribution >= 4 is 5.91 Å². The highest BCUT2D eigenvalue weighted by molar-refractivity contribution is 5.91. The first-order chi connectivity index (χ1) is 8.69. The van der Waals surface area contributed by atoms with E-state index < -0.39 is 0 Å². The monoisotopic (exact) mass is 249 g/mol. The fourth-order valence-electron chi connectivity index (χ4n) is 2.29. The molecule has 2 rings (SSSR count). The summed E-state index contributed by atoms with van der Waals surface area (Å²) in [7, 11) is 0. The lowest BCUT2D eigenvalue weighted by atomic mass is 9.95. The van der Waals surface area contributed by atoms with Crippen LogP contribution in [0.4, 0.5) is 4.39 Å². The zero-order valence-electron chi connectivity index (χ0n) is 10.8. The normalized spacial score (nSPS) is 16.3. The van der Waals surface area contributed by atoms with Gasteiger partial charge in [-0.3, -0.25) is 4.79 Å². The molecule has 98 valence electrons. The Morgan fingerprint density at radius 1 is 1.28 bits per heavy atom. The Morgan fingerprint density at radius 2 is 1.94 bits per heavy atom. The van der Waals surface area contributed by atoms with E-state index in [0.29, 0.717) is 0 Å². The third-order valence-electron chi connectivity index (χ3n) is 3.65. The molecule has 1 aromatic carbocycles. The molecular formula is C15H20FNO. The molecule has 0 heterocycles. The van der Waals surface area contributed by atoms with E-state index in [2.05, 4.69) is 12.2 Å². The number of hydrogen-bond donors (Lipinski definition) is 1. The van der Waals surface area contributed by atoms with E-state index in [0.717, 1.165) is 44.2 Å². The lowest BCUT2D eigenvalue weighted by Crippen LogP contribution is -2.35. The molecule has 3 heteroatoms. The van der Waals surface area contributed by atoms with Gasteiger partial charge in [-0.2, -0.15) is 0 Å². The van der Waals surface area contributed by atoms with Crippen LogP contribution in [-0.2, 0) is 10.2 Å². The molecule has 0 spiro atoms. The zero-order chi connectivity index (χ0) is 13.0. The van der Waals surface area contributed by atoms with Crippen molar-refractivity contribution in [3.05, 3.63) is 35.6 Å².